The number of likely N-dealkylation sites (tertiary alicyclic amines) is 1. The summed E-state index contributed by atoms with van der Waals surface area (Å²) in [7, 11) is -3.68. The Morgan fingerprint density at radius 1 is 1.12 bits per heavy atom. The average Bonchev–Trinajstić information content (AvgIpc) is 2.58. The van der Waals surface area contributed by atoms with Crippen LogP contribution in [0.5, 0.6) is 0 Å². The minimum absolute atomic E-state index is 0.114. The molecule has 0 spiro atoms. The number of hydrogen-bond acceptors (Lipinski definition) is 4. The Morgan fingerprint density at radius 3 is 2.40 bits per heavy atom. The van der Waals surface area contributed by atoms with E-state index in [9.17, 15) is 8.42 Å². The molecular weight excluding hydrogens is 402 g/mol. The van der Waals surface area contributed by atoms with Crippen molar-refractivity contribution in [2.75, 3.05) is 18.4 Å². The minimum atomic E-state index is -3.68. The summed E-state index contributed by atoms with van der Waals surface area (Å²) in [6.45, 7) is 3.07. The number of halogens is 1. The van der Waals surface area contributed by atoms with Gasteiger partial charge in [-0.3, -0.25) is 4.90 Å². The van der Waals surface area contributed by atoms with Gasteiger partial charge in [-0.15, -0.1) is 0 Å². The molecule has 1 heterocycles. The van der Waals surface area contributed by atoms with Crippen LogP contribution in [0, 0.1) is 0 Å². The molecule has 0 aliphatic carbocycles. The Hall–Kier alpha value is -1.41. The first-order chi connectivity index (χ1) is 11.9. The van der Waals surface area contributed by atoms with Crippen LogP contribution in [0.1, 0.15) is 18.4 Å². The van der Waals surface area contributed by atoms with Gasteiger partial charge in [-0.1, -0.05) is 30.3 Å². The van der Waals surface area contributed by atoms with Gasteiger partial charge in [0.1, 0.15) is 0 Å². The largest absolute Gasteiger partial charge is 0.381 e. The molecule has 7 heteroatoms. The number of anilines is 1. The Balaban J connectivity index is 1.55. The zero-order chi connectivity index (χ0) is 17.9. The predicted octanol–water partition coefficient (Wildman–Crippen LogP) is 3.17. The number of piperidine rings is 1. The van der Waals surface area contributed by atoms with Gasteiger partial charge < -0.3 is 5.32 Å². The summed E-state index contributed by atoms with van der Waals surface area (Å²) >= 11 is 3.43. The standard InChI is InChI=1S/C18H22BrN3O2S/c19-17-12-16(25(20,23)24)6-7-18(17)21-15-8-10-22(11-9-15)13-14-4-2-1-3-5-14/h1-7,12,15,21H,8-11,13H2,(H2,20,23,24). The molecule has 1 fully saturated rings. The highest BCUT2D eigenvalue weighted by atomic mass is 79.9. The summed E-state index contributed by atoms with van der Waals surface area (Å²) in [5.41, 5.74) is 2.24. The SMILES string of the molecule is NS(=O)(=O)c1ccc(NC2CCN(Cc3ccccc3)CC2)c(Br)c1. The molecule has 0 aromatic heterocycles. The first-order valence-electron chi connectivity index (χ1n) is 8.27. The number of sulfonamides is 1. The first kappa shape index (κ1) is 18.4. The normalized spacial score (nSPS) is 16.7. The number of nitrogens with one attached hydrogen (secondary N) is 1. The zero-order valence-electron chi connectivity index (χ0n) is 13.9. The molecule has 25 heavy (non-hydrogen) atoms. The van der Waals surface area contributed by atoms with E-state index in [1.165, 1.54) is 11.6 Å². The van der Waals surface area contributed by atoms with Crippen molar-refractivity contribution in [1.82, 2.24) is 4.90 Å². The molecule has 0 unspecified atom stereocenters. The number of rotatable bonds is 5. The first-order valence-corrected chi connectivity index (χ1v) is 10.6. The van der Waals surface area contributed by atoms with Crippen LogP contribution in [0.4, 0.5) is 5.69 Å². The van der Waals surface area contributed by atoms with Crippen LogP contribution in [0.2, 0.25) is 0 Å². The molecule has 5 nitrogen and oxygen atoms in total. The summed E-state index contributed by atoms with van der Waals surface area (Å²) in [4.78, 5) is 2.58. The lowest BCUT2D eigenvalue weighted by atomic mass is 10.0. The van der Waals surface area contributed by atoms with E-state index in [0.717, 1.165) is 38.2 Å². The summed E-state index contributed by atoms with van der Waals surface area (Å²) in [5.74, 6) is 0. The van der Waals surface area contributed by atoms with E-state index >= 15 is 0 Å². The molecule has 0 radical (unpaired) electrons. The highest BCUT2D eigenvalue weighted by Crippen LogP contribution is 2.27. The van der Waals surface area contributed by atoms with E-state index in [1.54, 1.807) is 12.1 Å². The molecular formula is C18H22BrN3O2S. The summed E-state index contributed by atoms with van der Waals surface area (Å²) in [6, 6.07) is 15.7. The van der Waals surface area contributed by atoms with Crippen LogP contribution >= 0.6 is 15.9 Å². The molecule has 134 valence electrons. The Labute approximate surface area is 157 Å². The van der Waals surface area contributed by atoms with Crippen LogP contribution in [0.3, 0.4) is 0 Å². The van der Waals surface area contributed by atoms with E-state index in [-0.39, 0.29) is 4.90 Å². The van der Waals surface area contributed by atoms with Crippen LogP contribution in [-0.2, 0) is 16.6 Å². The number of hydrogen-bond donors (Lipinski definition) is 2. The van der Waals surface area contributed by atoms with E-state index < -0.39 is 10.0 Å². The van der Waals surface area contributed by atoms with Crippen LogP contribution in [-0.4, -0.2) is 32.4 Å². The van der Waals surface area contributed by atoms with Gasteiger partial charge in [-0.2, -0.15) is 0 Å². The fourth-order valence-corrected chi connectivity index (χ4v) is 4.27. The second-order valence-corrected chi connectivity index (χ2v) is 8.78. The van der Waals surface area contributed by atoms with Crippen molar-refractivity contribution in [2.45, 2.75) is 30.3 Å². The lowest BCUT2D eigenvalue weighted by Gasteiger charge is -2.33. The van der Waals surface area contributed by atoms with Crippen molar-refractivity contribution >= 4 is 31.6 Å². The van der Waals surface area contributed by atoms with Gasteiger partial charge in [0.05, 0.1) is 4.90 Å². The third kappa shape index (κ3) is 5.04. The molecule has 0 atom stereocenters. The molecule has 0 bridgehead atoms. The highest BCUT2D eigenvalue weighted by molar-refractivity contribution is 9.10. The summed E-state index contributed by atoms with van der Waals surface area (Å²) < 4.78 is 23.5. The zero-order valence-corrected chi connectivity index (χ0v) is 16.3. The van der Waals surface area contributed by atoms with Gasteiger partial charge in [-0.05, 0) is 52.5 Å². The van der Waals surface area contributed by atoms with E-state index in [4.69, 9.17) is 5.14 Å². The Morgan fingerprint density at radius 2 is 1.80 bits per heavy atom. The molecule has 2 aromatic carbocycles. The number of benzene rings is 2. The van der Waals surface area contributed by atoms with E-state index in [1.807, 2.05) is 6.07 Å². The summed E-state index contributed by atoms with van der Waals surface area (Å²) in [6.07, 6.45) is 2.10. The number of primary sulfonamides is 1. The average molecular weight is 424 g/mol. The van der Waals surface area contributed by atoms with Crippen LogP contribution in [0.15, 0.2) is 57.9 Å². The Kier molecular flexibility index (Phi) is 5.78. The summed E-state index contributed by atoms with van der Waals surface area (Å²) in [5, 5.41) is 8.67. The molecule has 0 saturated carbocycles. The van der Waals surface area contributed by atoms with E-state index in [0.29, 0.717) is 10.5 Å². The van der Waals surface area contributed by atoms with Gasteiger partial charge in [0.2, 0.25) is 10.0 Å². The highest BCUT2D eigenvalue weighted by Gasteiger charge is 2.20. The third-order valence-corrected chi connectivity index (χ3v) is 6.03. The van der Waals surface area contributed by atoms with Crippen molar-refractivity contribution < 1.29 is 8.42 Å². The number of nitrogens with two attached hydrogens (primary N) is 1. The van der Waals surface area contributed by atoms with Gasteiger partial charge >= 0.3 is 0 Å². The van der Waals surface area contributed by atoms with Gasteiger partial charge in [0, 0.05) is 35.8 Å². The van der Waals surface area contributed by atoms with Gasteiger partial charge in [0.25, 0.3) is 0 Å². The van der Waals surface area contributed by atoms with Crippen LogP contribution in [0.25, 0.3) is 0 Å². The predicted molar refractivity (Wildman–Crippen MR) is 104 cm³/mol. The Bertz CT molecular complexity index is 819. The smallest absolute Gasteiger partial charge is 0.238 e. The molecule has 3 rings (SSSR count). The fraction of sp³-hybridized carbons (Fsp3) is 0.333. The molecule has 1 saturated heterocycles. The molecule has 0 amide bonds. The van der Waals surface area contributed by atoms with Crippen molar-refractivity contribution in [2.24, 2.45) is 5.14 Å². The number of nitrogens with zero attached hydrogens (tertiary/aromatic N) is 1. The topological polar surface area (TPSA) is 75.4 Å². The minimum Gasteiger partial charge on any atom is -0.381 e. The second-order valence-electron chi connectivity index (χ2n) is 6.37. The second kappa shape index (κ2) is 7.86. The quantitative estimate of drug-likeness (QED) is 0.773. The molecule has 1 aliphatic heterocycles. The lowest BCUT2D eigenvalue weighted by molar-refractivity contribution is 0.211. The maximum Gasteiger partial charge on any atom is 0.238 e. The molecule has 3 N–H and O–H groups in total. The maximum atomic E-state index is 11.4. The maximum absolute atomic E-state index is 11.4. The van der Waals surface area contributed by atoms with Crippen molar-refractivity contribution in [3.05, 3.63) is 58.6 Å². The van der Waals surface area contributed by atoms with Crippen molar-refractivity contribution in [3.8, 4) is 0 Å². The van der Waals surface area contributed by atoms with Crippen molar-refractivity contribution in [1.29, 1.82) is 0 Å². The molecule has 1 aliphatic rings. The van der Waals surface area contributed by atoms with Gasteiger partial charge in [0.15, 0.2) is 0 Å². The lowest BCUT2D eigenvalue weighted by Crippen LogP contribution is -2.38. The van der Waals surface area contributed by atoms with Gasteiger partial charge in [-0.25, -0.2) is 13.6 Å². The third-order valence-electron chi connectivity index (χ3n) is 4.47. The fourth-order valence-electron chi connectivity index (χ4n) is 3.09. The monoisotopic (exact) mass is 423 g/mol. The molecule has 2 aromatic rings. The van der Waals surface area contributed by atoms with E-state index in [2.05, 4.69) is 50.4 Å². The van der Waals surface area contributed by atoms with Crippen LogP contribution < -0.4 is 10.5 Å². The van der Waals surface area contributed by atoms with Crippen molar-refractivity contribution in [3.63, 3.8) is 0 Å².